The average molecular weight is 292 g/mol. The van der Waals surface area contributed by atoms with Gasteiger partial charge in [-0.1, -0.05) is 12.1 Å². The van der Waals surface area contributed by atoms with E-state index in [4.69, 9.17) is 10.8 Å². The summed E-state index contributed by atoms with van der Waals surface area (Å²) in [4.78, 5) is 0.755. The number of nitrogens with two attached hydrogens (primary N) is 1. The third kappa shape index (κ3) is 4.03. The van der Waals surface area contributed by atoms with E-state index in [1.807, 2.05) is 24.3 Å². The van der Waals surface area contributed by atoms with Gasteiger partial charge < -0.3 is 10.8 Å². The lowest BCUT2D eigenvalue weighted by Gasteiger charge is -2.10. The van der Waals surface area contributed by atoms with Crippen LogP contribution in [0.4, 0.5) is 0 Å². The summed E-state index contributed by atoms with van der Waals surface area (Å²) < 4.78 is 12.7. The van der Waals surface area contributed by atoms with Crippen molar-refractivity contribution in [1.29, 1.82) is 0 Å². The lowest BCUT2D eigenvalue weighted by atomic mass is 10.3. The molecule has 0 aromatic heterocycles. The molecule has 2 unspecified atom stereocenters. The van der Waals surface area contributed by atoms with Gasteiger partial charge in [-0.05, 0) is 34.5 Å². The van der Waals surface area contributed by atoms with Gasteiger partial charge in [-0.3, -0.25) is 4.21 Å². The Balaban J connectivity index is 2.65. The zero-order chi connectivity index (χ0) is 11.3. The van der Waals surface area contributed by atoms with E-state index >= 15 is 0 Å². The summed E-state index contributed by atoms with van der Waals surface area (Å²) in [6.07, 6.45) is 0.482. The number of hydrogen-bond donors (Lipinski definition) is 2. The van der Waals surface area contributed by atoms with E-state index in [1.54, 1.807) is 0 Å². The molecule has 0 aliphatic heterocycles. The highest BCUT2D eigenvalue weighted by atomic mass is 79.9. The van der Waals surface area contributed by atoms with Crippen molar-refractivity contribution in [3.05, 3.63) is 28.7 Å². The minimum absolute atomic E-state index is 0.0360. The van der Waals surface area contributed by atoms with Crippen LogP contribution in [-0.4, -0.2) is 27.7 Å². The van der Waals surface area contributed by atoms with Gasteiger partial charge in [0.15, 0.2) is 0 Å². The molecular formula is C10H14BrNO2S. The fraction of sp³-hybridized carbons (Fsp3) is 0.400. The summed E-state index contributed by atoms with van der Waals surface area (Å²) in [5, 5.41) is 8.69. The second-order valence-electron chi connectivity index (χ2n) is 3.21. The fourth-order valence-electron chi connectivity index (χ4n) is 1.16. The Morgan fingerprint density at radius 3 is 2.73 bits per heavy atom. The molecule has 0 heterocycles. The van der Waals surface area contributed by atoms with Crippen molar-refractivity contribution in [3.63, 3.8) is 0 Å². The van der Waals surface area contributed by atoms with E-state index < -0.39 is 10.8 Å². The Hall–Kier alpha value is -0.230. The molecule has 0 fully saturated rings. The first-order valence-corrected chi connectivity index (χ1v) is 6.75. The predicted octanol–water partition coefficient (Wildman–Crippen LogP) is 1.27. The Morgan fingerprint density at radius 1 is 1.47 bits per heavy atom. The van der Waals surface area contributed by atoms with Gasteiger partial charge in [-0.25, -0.2) is 0 Å². The van der Waals surface area contributed by atoms with Gasteiger partial charge in [0, 0.05) is 22.9 Å². The largest absolute Gasteiger partial charge is 0.396 e. The third-order valence-electron chi connectivity index (χ3n) is 1.95. The fourth-order valence-corrected chi connectivity index (χ4v) is 3.24. The molecule has 0 saturated heterocycles. The summed E-state index contributed by atoms with van der Waals surface area (Å²) in [6.45, 7) is 0.0360. The molecule has 0 aliphatic carbocycles. The SMILES string of the molecule is NC(CCO)CS(=O)c1ccccc1Br. The molecule has 0 spiro atoms. The van der Waals surface area contributed by atoms with Crippen molar-refractivity contribution in [3.8, 4) is 0 Å². The average Bonchev–Trinajstić information content (AvgIpc) is 2.18. The maximum atomic E-state index is 11.9. The Morgan fingerprint density at radius 2 is 2.13 bits per heavy atom. The van der Waals surface area contributed by atoms with E-state index in [9.17, 15) is 4.21 Å². The first kappa shape index (κ1) is 12.8. The van der Waals surface area contributed by atoms with Crippen LogP contribution in [-0.2, 0) is 10.8 Å². The molecule has 3 nitrogen and oxygen atoms in total. The second-order valence-corrected chi connectivity index (χ2v) is 5.53. The first-order valence-electron chi connectivity index (χ1n) is 4.64. The van der Waals surface area contributed by atoms with Gasteiger partial charge in [0.25, 0.3) is 0 Å². The number of benzene rings is 1. The minimum atomic E-state index is -1.11. The molecule has 0 aliphatic rings. The van der Waals surface area contributed by atoms with Crippen molar-refractivity contribution in [1.82, 2.24) is 0 Å². The molecule has 2 atom stereocenters. The van der Waals surface area contributed by atoms with Crippen LogP contribution in [0, 0.1) is 0 Å². The van der Waals surface area contributed by atoms with Gasteiger partial charge >= 0.3 is 0 Å². The lowest BCUT2D eigenvalue weighted by Crippen LogP contribution is -2.28. The number of halogens is 1. The maximum absolute atomic E-state index is 11.9. The summed E-state index contributed by atoms with van der Waals surface area (Å²) in [5.74, 6) is 0.378. The third-order valence-corrected chi connectivity index (χ3v) is 4.48. The van der Waals surface area contributed by atoms with Crippen LogP contribution in [0.1, 0.15) is 6.42 Å². The monoisotopic (exact) mass is 291 g/mol. The molecule has 84 valence electrons. The van der Waals surface area contributed by atoms with Gasteiger partial charge in [-0.2, -0.15) is 0 Å². The normalized spacial score (nSPS) is 14.9. The van der Waals surface area contributed by atoms with Crippen molar-refractivity contribution in [2.75, 3.05) is 12.4 Å². The second kappa shape index (κ2) is 6.37. The molecule has 1 aromatic rings. The standard InChI is InChI=1S/C10H14BrNO2S/c11-9-3-1-2-4-10(9)15(14)7-8(12)5-6-13/h1-4,8,13H,5-7,12H2. The van der Waals surface area contributed by atoms with Crippen LogP contribution in [0.3, 0.4) is 0 Å². The molecule has 1 rings (SSSR count). The van der Waals surface area contributed by atoms with Crippen LogP contribution in [0.25, 0.3) is 0 Å². The van der Waals surface area contributed by atoms with Crippen molar-refractivity contribution in [2.45, 2.75) is 17.4 Å². The maximum Gasteiger partial charge on any atom is 0.0556 e. The molecule has 0 radical (unpaired) electrons. The summed E-state index contributed by atoms with van der Waals surface area (Å²) in [5.41, 5.74) is 5.70. The molecule has 1 aromatic carbocycles. The van der Waals surface area contributed by atoms with E-state index in [0.717, 1.165) is 9.37 Å². The van der Waals surface area contributed by atoms with E-state index in [2.05, 4.69) is 15.9 Å². The van der Waals surface area contributed by atoms with Crippen molar-refractivity contribution >= 4 is 26.7 Å². The Kier molecular flexibility index (Phi) is 5.45. The molecule has 0 bridgehead atoms. The van der Waals surface area contributed by atoms with Crippen molar-refractivity contribution in [2.24, 2.45) is 5.73 Å². The van der Waals surface area contributed by atoms with Crippen molar-refractivity contribution < 1.29 is 9.32 Å². The molecular weight excluding hydrogens is 278 g/mol. The van der Waals surface area contributed by atoms with Crippen LogP contribution in [0.2, 0.25) is 0 Å². The van der Waals surface area contributed by atoms with Gasteiger partial charge in [-0.15, -0.1) is 0 Å². The summed E-state index contributed by atoms with van der Waals surface area (Å²) in [7, 11) is -1.11. The van der Waals surface area contributed by atoms with Crippen LogP contribution in [0.5, 0.6) is 0 Å². The lowest BCUT2D eigenvalue weighted by molar-refractivity contribution is 0.279. The molecule has 5 heteroatoms. The van der Waals surface area contributed by atoms with Crippen LogP contribution >= 0.6 is 15.9 Å². The van der Waals surface area contributed by atoms with E-state index in [0.29, 0.717) is 12.2 Å². The highest BCUT2D eigenvalue weighted by Gasteiger charge is 2.11. The highest BCUT2D eigenvalue weighted by Crippen LogP contribution is 2.20. The van der Waals surface area contributed by atoms with Crippen LogP contribution in [0.15, 0.2) is 33.6 Å². The predicted molar refractivity (Wildman–Crippen MR) is 65.1 cm³/mol. The van der Waals surface area contributed by atoms with Gasteiger partial charge in [0.1, 0.15) is 0 Å². The van der Waals surface area contributed by atoms with E-state index in [1.165, 1.54) is 0 Å². The molecule has 0 saturated carbocycles. The Bertz CT molecular complexity index is 346. The molecule has 15 heavy (non-hydrogen) atoms. The minimum Gasteiger partial charge on any atom is -0.396 e. The van der Waals surface area contributed by atoms with E-state index in [-0.39, 0.29) is 12.6 Å². The first-order chi connectivity index (χ1) is 7.15. The summed E-state index contributed by atoms with van der Waals surface area (Å²) >= 11 is 3.34. The smallest absolute Gasteiger partial charge is 0.0556 e. The number of aliphatic hydroxyl groups is 1. The summed E-state index contributed by atoms with van der Waals surface area (Å²) in [6, 6.07) is 7.16. The highest BCUT2D eigenvalue weighted by molar-refractivity contribution is 9.10. The zero-order valence-electron chi connectivity index (χ0n) is 8.23. The number of rotatable bonds is 5. The zero-order valence-corrected chi connectivity index (χ0v) is 10.6. The number of hydrogen-bond acceptors (Lipinski definition) is 3. The van der Waals surface area contributed by atoms with Crippen LogP contribution < -0.4 is 5.73 Å². The molecule has 3 N–H and O–H groups in total. The quantitative estimate of drug-likeness (QED) is 0.859. The van der Waals surface area contributed by atoms with Gasteiger partial charge in [0.2, 0.25) is 0 Å². The topological polar surface area (TPSA) is 63.3 Å². The Labute approximate surface area is 100 Å². The molecule has 0 amide bonds. The van der Waals surface area contributed by atoms with Gasteiger partial charge in [0.05, 0.1) is 15.7 Å². The number of aliphatic hydroxyl groups excluding tert-OH is 1.